The van der Waals surface area contributed by atoms with Crippen LogP contribution in [0.1, 0.15) is 22.3 Å². The predicted molar refractivity (Wildman–Crippen MR) is 109 cm³/mol. The van der Waals surface area contributed by atoms with E-state index in [1.165, 1.54) is 18.2 Å². The molecular formula is C19H10ClF6NO2S2. The van der Waals surface area contributed by atoms with E-state index in [4.69, 9.17) is 28.6 Å². The van der Waals surface area contributed by atoms with Gasteiger partial charge in [-0.05, 0) is 53.7 Å². The fourth-order valence-corrected chi connectivity index (χ4v) is 3.83. The molecule has 0 unspecified atom stereocenters. The fourth-order valence-electron chi connectivity index (χ4n) is 2.58. The Bertz CT molecular complexity index is 1080. The Morgan fingerprint density at radius 3 is 2.32 bits per heavy atom. The third-order valence-corrected chi connectivity index (χ3v) is 5.65. The molecule has 1 heterocycles. The Labute approximate surface area is 186 Å². The van der Waals surface area contributed by atoms with Crippen LogP contribution in [0.25, 0.3) is 6.08 Å². The van der Waals surface area contributed by atoms with Crippen molar-refractivity contribution in [1.82, 2.24) is 5.32 Å². The highest BCUT2D eigenvalue weighted by atomic mass is 35.5. The number of thioether (sulfide) groups is 1. The summed E-state index contributed by atoms with van der Waals surface area (Å²) in [5.41, 5.74) is -2.81. The lowest BCUT2D eigenvalue weighted by Crippen LogP contribution is -2.15. The molecule has 1 amide bonds. The van der Waals surface area contributed by atoms with Crippen molar-refractivity contribution < 1.29 is 35.9 Å². The molecule has 164 valence electrons. The van der Waals surface area contributed by atoms with Crippen LogP contribution in [0.2, 0.25) is 5.02 Å². The molecule has 0 radical (unpaired) electrons. The number of amides is 1. The molecule has 1 fully saturated rings. The van der Waals surface area contributed by atoms with Gasteiger partial charge in [0.1, 0.15) is 17.3 Å². The third kappa shape index (κ3) is 5.72. The van der Waals surface area contributed by atoms with Crippen molar-refractivity contribution in [2.24, 2.45) is 0 Å². The molecule has 3 rings (SSSR count). The van der Waals surface area contributed by atoms with Crippen LogP contribution in [-0.2, 0) is 19.0 Å². The van der Waals surface area contributed by atoms with Gasteiger partial charge in [0.15, 0.2) is 0 Å². The molecule has 0 saturated carbocycles. The van der Waals surface area contributed by atoms with E-state index in [1.54, 1.807) is 6.08 Å². The average Bonchev–Trinajstić information content (AvgIpc) is 2.97. The SMILES string of the molecule is O=C1NC(=S)C(=Cc2ccc(OCc3ccc(C(F)(F)F)cc3C(F)(F)F)cc2Cl)S1. The molecule has 31 heavy (non-hydrogen) atoms. The number of ether oxygens (including phenoxy) is 1. The Kier molecular flexibility index (Phi) is 6.59. The minimum atomic E-state index is -4.99. The molecule has 12 heteroatoms. The van der Waals surface area contributed by atoms with Crippen LogP contribution in [0.15, 0.2) is 41.3 Å². The highest BCUT2D eigenvalue weighted by Gasteiger charge is 2.38. The average molecular weight is 498 g/mol. The maximum absolute atomic E-state index is 13.2. The van der Waals surface area contributed by atoms with E-state index in [2.05, 4.69) is 5.32 Å². The standard InChI is InChI=1S/C19H10ClF6NO2S2/c20-14-7-12(4-2-9(14)5-15-16(30)27-17(28)31-15)29-8-10-1-3-11(18(21,22)23)6-13(10)19(24,25)26/h1-7H,8H2,(H,27,28,30). The van der Waals surface area contributed by atoms with E-state index in [-0.39, 0.29) is 27.1 Å². The van der Waals surface area contributed by atoms with E-state index in [0.717, 1.165) is 17.8 Å². The first-order valence-corrected chi connectivity index (χ1v) is 9.89. The molecule has 3 nitrogen and oxygen atoms in total. The van der Waals surface area contributed by atoms with Gasteiger partial charge in [0.05, 0.1) is 21.1 Å². The molecule has 1 N–H and O–H groups in total. The number of carbonyl (C=O) groups excluding carboxylic acids is 1. The van der Waals surface area contributed by atoms with Crippen molar-refractivity contribution >= 4 is 51.9 Å². The number of thiocarbonyl (C=S) groups is 1. The summed E-state index contributed by atoms with van der Waals surface area (Å²) in [5, 5.41) is 2.29. The minimum absolute atomic E-state index is 0.0540. The number of carbonyl (C=O) groups is 1. The first kappa shape index (κ1) is 23.4. The second kappa shape index (κ2) is 8.71. The van der Waals surface area contributed by atoms with Gasteiger partial charge in [0.2, 0.25) is 0 Å². The lowest BCUT2D eigenvalue weighted by atomic mass is 10.0. The van der Waals surface area contributed by atoms with Crippen molar-refractivity contribution in [3.05, 3.63) is 68.6 Å². The van der Waals surface area contributed by atoms with Crippen LogP contribution in [-0.4, -0.2) is 10.2 Å². The van der Waals surface area contributed by atoms with E-state index in [0.29, 0.717) is 16.5 Å². The summed E-state index contributed by atoms with van der Waals surface area (Å²) in [7, 11) is 0. The van der Waals surface area contributed by atoms with Crippen LogP contribution in [0.3, 0.4) is 0 Å². The number of benzene rings is 2. The quantitative estimate of drug-likeness (QED) is 0.278. The first-order valence-electron chi connectivity index (χ1n) is 8.29. The second-order valence-electron chi connectivity index (χ2n) is 6.19. The molecule has 2 aromatic rings. The van der Waals surface area contributed by atoms with Crippen molar-refractivity contribution in [2.45, 2.75) is 19.0 Å². The van der Waals surface area contributed by atoms with Crippen LogP contribution in [0.5, 0.6) is 5.75 Å². The predicted octanol–water partition coefficient (Wildman–Crippen LogP) is 7.08. The third-order valence-electron chi connectivity index (χ3n) is 4.04. The molecule has 0 aromatic heterocycles. The number of rotatable bonds is 4. The summed E-state index contributed by atoms with van der Waals surface area (Å²) in [6.07, 6.45) is -8.33. The van der Waals surface area contributed by atoms with Gasteiger partial charge in [-0.3, -0.25) is 4.79 Å². The molecule has 0 bridgehead atoms. The monoisotopic (exact) mass is 497 g/mol. The van der Waals surface area contributed by atoms with Crippen LogP contribution < -0.4 is 10.1 Å². The zero-order valence-corrected chi connectivity index (χ0v) is 17.4. The van der Waals surface area contributed by atoms with Crippen molar-refractivity contribution in [3.63, 3.8) is 0 Å². The van der Waals surface area contributed by atoms with Crippen LogP contribution in [0, 0.1) is 0 Å². The van der Waals surface area contributed by atoms with Crippen molar-refractivity contribution in [2.75, 3.05) is 0 Å². The molecule has 1 aliphatic heterocycles. The Hall–Kier alpha value is -2.24. The van der Waals surface area contributed by atoms with Gasteiger partial charge in [0, 0.05) is 5.56 Å². The first-order chi connectivity index (χ1) is 14.3. The second-order valence-corrected chi connectivity index (χ2v) is 8.02. The number of halogens is 7. The molecule has 1 saturated heterocycles. The zero-order valence-electron chi connectivity index (χ0n) is 15.0. The molecule has 0 spiro atoms. The van der Waals surface area contributed by atoms with Gasteiger partial charge in [-0.15, -0.1) is 0 Å². The Morgan fingerprint density at radius 2 is 1.77 bits per heavy atom. The van der Waals surface area contributed by atoms with Gasteiger partial charge in [-0.1, -0.05) is 29.9 Å². The van der Waals surface area contributed by atoms with Crippen molar-refractivity contribution in [3.8, 4) is 5.75 Å². The zero-order chi connectivity index (χ0) is 23.0. The lowest BCUT2D eigenvalue weighted by molar-refractivity contribution is -0.143. The fraction of sp³-hybridized carbons (Fsp3) is 0.158. The van der Waals surface area contributed by atoms with E-state index in [9.17, 15) is 31.1 Å². The van der Waals surface area contributed by atoms with E-state index < -0.39 is 35.6 Å². The Morgan fingerprint density at radius 1 is 1.06 bits per heavy atom. The van der Waals surface area contributed by atoms with Gasteiger partial charge in [0.25, 0.3) is 5.24 Å². The molecule has 0 atom stereocenters. The minimum Gasteiger partial charge on any atom is -0.489 e. The molecule has 2 aromatic carbocycles. The largest absolute Gasteiger partial charge is 0.489 e. The lowest BCUT2D eigenvalue weighted by Gasteiger charge is -2.16. The summed E-state index contributed by atoms with van der Waals surface area (Å²) >= 11 is 12.1. The topological polar surface area (TPSA) is 38.3 Å². The maximum atomic E-state index is 13.2. The van der Waals surface area contributed by atoms with Gasteiger partial charge in [-0.25, -0.2) is 0 Å². The van der Waals surface area contributed by atoms with Crippen LogP contribution in [0.4, 0.5) is 31.1 Å². The summed E-state index contributed by atoms with van der Waals surface area (Å²) in [6.45, 7) is -0.623. The molecule has 0 aliphatic carbocycles. The van der Waals surface area contributed by atoms with Gasteiger partial charge >= 0.3 is 12.4 Å². The number of alkyl halides is 6. The maximum Gasteiger partial charge on any atom is 0.416 e. The molecule has 1 aliphatic rings. The highest BCUT2D eigenvalue weighted by Crippen LogP contribution is 2.38. The number of hydrogen-bond donors (Lipinski definition) is 1. The number of hydrogen-bond acceptors (Lipinski definition) is 4. The summed E-state index contributed by atoms with van der Waals surface area (Å²) in [5.74, 6) is 0.107. The van der Waals surface area contributed by atoms with Crippen molar-refractivity contribution in [1.29, 1.82) is 0 Å². The normalized spacial score (nSPS) is 16.0. The van der Waals surface area contributed by atoms with E-state index in [1.807, 2.05) is 0 Å². The summed E-state index contributed by atoms with van der Waals surface area (Å²) < 4.78 is 83.3. The van der Waals surface area contributed by atoms with Crippen LogP contribution >= 0.6 is 35.6 Å². The van der Waals surface area contributed by atoms with Gasteiger partial charge in [-0.2, -0.15) is 26.3 Å². The highest BCUT2D eigenvalue weighted by molar-refractivity contribution is 8.19. The molecular weight excluding hydrogens is 488 g/mol. The Balaban J connectivity index is 1.80. The summed E-state index contributed by atoms with van der Waals surface area (Å²) in [6, 6.07) is 5.62. The summed E-state index contributed by atoms with van der Waals surface area (Å²) in [4.78, 5) is 12.0. The van der Waals surface area contributed by atoms with E-state index >= 15 is 0 Å². The number of nitrogens with one attached hydrogen (secondary N) is 1. The van der Waals surface area contributed by atoms with Gasteiger partial charge < -0.3 is 10.1 Å². The smallest absolute Gasteiger partial charge is 0.416 e.